The summed E-state index contributed by atoms with van der Waals surface area (Å²) in [5.41, 5.74) is 8.54. The second kappa shape index (κ2) is 5.13. The van der Waals surface area contributed by atoms with Crippen LogP contribution in [0.4, 0.5) is 5.00 Å². The maximum absolute atomic E-state index is 6.06. The van der Waals surface area contributed by atoms with Crippen LogP contribution in [0.3, 0.4) is 0 Å². The normalized spacial score (nSPS) is 11.1. The second-order valence-corrected chi connectivity index (χ2v) is 5.55. The van der Waals surface area contributed by atoms with Gasteiger partial charge < -0.3 is 15.5 Å². The van der Waals surface area contributed by atoms with Gasteiger partial charge in [-0.25, -0.2) is 4.98 Å². The first-order valence-electron chi connectivity index (χ1n) is 6.59. The van der Waals surface area contributed by atoms with Crippen molar-refractivity contribution >= 4 is 27.5 Å². The highest BCUT2D eigenvalue weighted by atomic mass is 32.1. The third-order valence-corrected chi connectivity index (χ3v) is 4.14. The molecule has 0 saturated carbocycles. The molecule has 3 N–H and O–H groups in total. The van der Waals surface area contributed by atoms with Crippen LogP contribution < -0.4 is 10.5 Å². The molecule has 3 rings (SSSR count). The van der Waals surface area contributed by atoms with E-state index in [1.165, 1.54) is 4.88 Å². The molecular formula is C14H16N4OS. The van der Waals surface area contributed by atoms with Gasteiger partial charge in [0.05, 0.1) is 22.7 Å². The number of nitrogens with two attached hydrogens (primary N) is 1. The molecule has 20 heavy (non-hydrogen) atoms. The average molecular weight is 288 g/mol. The molecule has 3 aromatic rings. The molecule has 0 aliphatic rings. The lowest BCUT2D eigenvalue weighted by atomic mass is 10.2. The van der Waals surface area contributed by atoms with Gasteiger partial charge in [0.25, 0.3) is 0 Å². The van der Waals surface area contributed by atoms with Crippen LogP contribution in [0.1, 0.15) is 18.7 Å². The molecule has 0 atom stereocenters. The van der Waals surface area contributed by atoms with Crippen molar-refractivity contribution in [3.05, 3.63) is 23.1 Å². The Morgan fingerprint density at radius 3 is 2.85 bits per heavy atom. The standard InChI is InChI=1S/C14H16N4OS/c1-3-8-7-9(12(15)20-8)13-16-10-5-6-11(19-4-2)17-14(10)18-13/h5-7H,3-4,15H2,1-2H3,(H,16,17,18). The highest BCUT2D eigenvalue weighted by Crippen LogP contribution is 2.33. The predicted octanol–water partition coefficient (Wildman–Crippen LogP) is 3.23. The lowest BCUT2D eigenvalue weighted by Gasteiger charge is -1.99. The molecular weight excluding hydrogens is 272 g/mol. The lowest BCUT2D eigenvalue weighted by molar-refractivity contribution is 0.328. The van der Waals surface area contributed by atoms with E-state index in [1.54, 1.807) is 11.3 Å². The fourth-order valence-electron chi connectivity index (χ4n) is 2.05. The summed E-state index contributed by atoms with van der Waals surface area (Å²) in [4.78, 5) is 13.4. The first-order chi connectivity index (χ1) is 9.71. The van der Waals surface area contributed by atoms with Crippen LogP contribution in [0.15, 0.2) is 18.2 Å². The van der Waals surface area contributed by atoms with Crippen molar-refractivity contribution in [2.75, 3.05) is 12.3 Å². The van der Waals surface area contributed by atoms with Gasteiger partial charge in [0, 0.05) is 10.9 Å². The number of thiophene rings is 1. The number of nitrogen functional groups attached to an aromatic ring is 1. The minimum Gasteiger partial charge on any atom is -0.478 e. The van der Waals surface area contributed by atoms with E-state index in [2.05, 4.69) is 27.9 Å². The number of nitrogens with zero attached hydrogens (tertiary/aromatic N) is 2. The molecule has 104 valence electrons. The van der Waals surface area contributed by atoms with Gasteiger partial charge in [-0.3, -0.25) is 0 Å². The number of ether oxygens (including phenoxy) is 1. The first-order valence-corrected chi connectivity index (χ1v) is 7.41. The average Bonchev–Trinajstić information content (AvgIpc) is 3.01. The smallest absolute Gasteiger partial charge is 0.215 e. The maximum Gasteiger partial charge on any atom is 0.215 e. The Bertz CT molecular complexity index is 747. The van der Waals surface area contributed by atoms with Crippen LogP contribution in [0.2, 0.25) is 0 Å². The summed E-state index contributed by atoms with van der Waals surface area (Å²) in [6.45, 7) is 4.64. The zero-order valence-electron chi connectivity index (χ0n) is 11.4. The molecule has 0 radical (unpaired) electrons. The molecule has 0 saturated heterocycles. The van der Waals surface area contributed by atoms with Crippen molar-refractivity contribution in [3.63, 3.8) is 0 Å². The molecule has 0 unspecified atom stereocenters. The molecule has 3 aromatic heterocycles. The maximum atomic E-state index is 6.06. The highest BCUT2D eigenvalue weighted by Gasteiger charge is 2.13. The summed E-state index contributed by atoms with van der Waals surface area (Å²) in [6.07, 6.45) is 0.974. The molecule has 0 aromatic carbocycles. The van der Waals surface area contributed by atoms with Crippen molar-refractivity contribution < 1.29 is 4.74 Å². The van der Waals surface area contributed by atoms with Gasteiger partial charge in [0.2, 0.25) is 5.88 Å². The predicted molar refractivity (Wildman–Crippen MR) is 82.2 cm³/mol. The molecule has 3 heterocycles. The topological polar surface area (TPSA) is 76.8 Å². The zero-order chi connectivity index (χ0) is 14.1. The van der Waals surface area contributed by atoms with Crippen LogP contribution in [0.5, 0.6) is 5.88 Å². The van der Waals surface area contributed by atoms with Crippen LogP contribution >= 0.6 is 11.3 Å². The largest absolute Gasteiger partial charge is 0.478 e. The van der Waals surface area contributed by atoms with Crippen molar-refractivity contribution in [1.82, 2.24) is 15.0 Å². The Morgan fingerprint density at radius 1 is 1.30 bits per heavy atom. The molecule has 5 nitrogen and oxygen atoms in total. The Kier molecular flexibility index (Phi) is 3.31. The number of nitrogens with one attached hydrogen (secondary N) is 1. The molecule has 0 aliphatic carbocycles. The third kappa shape index (κ3) is 2.22. The van der Waals surface area contributed by atoms with Crippen molar-refractivity contribution in [1.29, 1.82) is 0 Å². The van der Waals surface area contributed by atoms with Crippen LogP contribution in [0.25, 0.3) is 22.6 Å². The summed E-state index contributed by atoms with van der Waals surface area (Å²) >= 11 is 1.60. The number of hydrogen-bond acceptors (Lipinski definition) is 5. The minimum absolute atomic E-state index is 0.589. The highest BCUT2D eigenvalue weighted by molar-refractivity contribution is 7.16. The number of aromatic nitrogens is 3. The van der Waals surface area contributed by atoms with Crippen molar-refractivity contribution in [2.45, 2.75) is 20.3 Å². The quantitative estimate of drug-likeness (QED) is 0.772. The van der Waals surface area contributed by atoms with E-state index in [4.69, 9.17) is 10.5 Å². The number of pyridine rings is 1. The Labute approximate surface area is 120 Å². The van der Waals surface area contributed by atoms with Crippen molar-refractivity contribution in [3.8, 4) is 17.3 Å². The number of fused-ring (bicyclic) bond motifs is 1. The van der Waals surface area contributed by atoms with E-state index in [0.717, 1.165) is 28.3 Å². The third-order valence-electron chi connectivity index (χ3n) is 3.03. The number of anilines is 1. The number of aromatic amines is 1. The SMILES string of the molecule is CCOc1ccc2[nH]c(-c3cc(CC)sc3N)nc2n1. The van der Waals surface area contributed by atoms with Gasteiger partial charge in [-0.15, -0.1) is 11.3 Å². The van der Waals surface area contributed by atoms with Gasteiger partial charge in [0.1, 0.15) is 5.82 Å². The fraction of sp³-hybridized carbons (Fsp3) is 0.286. The van der Waals surface area contributed by atoms with E-state index in [1.807, 2.05) is 19.1 Å². The zero-order valence-corrected chi connectivity index (χ0v) is 12.3. The number of H-pyrrole nitrogens is 1. The first kappa shape index (κ1) is 12.9. The van der Waals surface area contributed by atoms with E-state index in [-0.39, 0.29) is 0 Å². The minimum atomic E-state index is 0.589. The Balaban J connectivity index is 2.05. The summed E-state index contributed by atoms with van der Waals surface area (Å²) < 4.78 is 5.39. The molecule has 6 heteroatoms. The Hall–Kier alpha value is -2.08. The number of imidazole rings is 1. The summed E-state index contributed by atoms with van der Waals surface area (Å²) in [6, 6.07) is 5.84. The van der Waals surface area contributed by atoms with Crippen LogP contribution in [0, 0.1) is 0 Å². The molecule has 0 fully saturated rings. The number of aryl methyl sites for hydroxylation is 1. The monoisotopic (exact) mass is 288 g/mol. The van der Waals surface area contributed by atoms with Crippen molar-refractivity contribution in [2.24, 2.45) is 0 Å². The molecule has 0 bridgehead atoms. The van der Waals surface area contributed by atoms with Crippen LogP contribution in [-0.4, -0.2) is 21.6 Å². The molecule has 0 aliphatic heterocycles. The van der Waals surface area contributed by atoms with Crippen LogP contribution in [-0.2, 0) is 6.42 Å². The van der Waals surface area contributed by atoms with Gasteiger partial charge in [-0.05, 0) is 25.5 Å². The lowest BCUT2D eigenvalue weighted by Crippen LogP contribution is -1.93. The van der Waals surface area contributed by atoms with Gasteiger partial charge >= 0.3 is 0 Å². The van der Waals surface area contributed by atoms with Gasteiger partial charge in [0.15, 0.2) is 5.65 Å². The number of rotatable bonds is 4. The summed E-state index contributed by atoms with van der Waals surface area (Å²) in [7, 11) is 0. The molecule has 0 amide bonds. The summed E-state index contributed by atoms with van der Waals surface area (Å²) in [5.74, 6) is 1.35. The number of hydrogen-bond donors (Lipinski definition) is 2. The van der Waals surface area contributed by atoms with E-state index in [9.17, 15) is 0 Å². The fourth-order valence-corrected chi connectivity index (χ4v) is 2.92. The Morgan fingerprint density at radius 2 is 2.15 bits per heavy atom. The van der Waals surface area contributed by atoms with E-state index in [0.29, 0.717) is 18.1 Å². The second-order valence-electron chi connectivity index (χ2n) is 4.38. The van der Waals surface area contributed by atoms with Gasteiger partial charge in [-0.2, -0.15) is 4.98 Å². The summed E-state index contributed by atoms with van der Waals surface area (Å²) in [5, 5.41) is 0.783. The molecule has 0 spiro atoms. The van der Waals surface area contributed by atoms with E-state index < -0.39 is 0 Å². The van der Waals surface area contributed by atoms with E-state index >= 15 is 0 Å². The van der Waals surface area contributed by atoms with Gasteiger partial charge in [-0.1, -0.05) is 6.92 Å².